The van der Waals surface area contributed by atoms with Gasteiger partial charge in [0.1, 0.15) is 6.04 Å². The Morgan fingerprint density at radius 3 is 2.40 bits per heavy atom. The summed E-state index contributed by atoms with van der Waals surface area (Å²) < 4.78 is 0. The molecule has 6 atom stereocenters. The van der Waals surface area contributed by atoms with Crippen molar-refractivity contribution < 1.29 is 14.7 Å². The van der Waals surface area contributed by atoms with Gasteiger partial charge in [0.25, 0.3) is 5.91 Å². The maximum absolute atomic E-state index is 14.0. The number of nitrogens with zero attached hydrogens (tertiary/aromatic N) is 2. The van der Waals surface area contributed by atoms with Gasteiger partial charge in [-0.1, -0.05) is 20.8 Å². The van der Waals surface area contributed by atoms with E-state index in [0.717, 1.165) is 44.9 Å². The van der Waals surface area contributed by atoms with Crippen LogP contribution in [-0.4, -0.2) is 45.7 Å². The lowest BCUT2D eigenvalue weighted by molar-refractivity contribution is -0.182. The Kier molecular flexibility index (Phi) is 4.36. The van der Waals surface area contributed by atoms with Gasteiger partial charge in [-0.15, -0.1) is 0 Å². The van der Waals surface area contributed by atoms with Gasteiger partial charge in [0.05, 0.1) is 5.60 Å². The molecule has 2 amide bonds. The second kappa shape index (κ2) is 6.45. The number of amides is 2. The van der Waals surface area contributed by atoms with Crippen LogP contribution in [0.25, 0.3) is 4.85 Å². The number of hydrogen-bond donors (Lipinski definition) is 2. The molecule has 1 aliphatic heterocycles. The van der Waals surface area contributed by atoms with Crippen molar-refractivity contribution in [3.63, 3.8) is 0 Å². The van der Waals surface area contributed by atoms with Crippen molar-refractivity contribution in [2.75, 3.05) is 0 Å². The van der Waals surface area contributed by atoms with Gasteiger partial charge in [-0.2, -0.15) is 0 Å². The fourth-order valence-electron chi connectivity index (χ4n) is 7.80. The van der Waals surface area contributed by atoms with Crippen molar-refractivity contribution in [2.24, 2.45) is 28.6 Å². The minimum absolute atomic E-state index is 0.0613. The van der Waals surface area contributed by atoms with Crippen LogP contribution in [0.2, 0.25) is 0 Å². The largest absolute Gasteiger partial charge is 0.390 e. The van der Waals surface area contributed by atoms with Crippen LogP contribution in [0.15, 0.2) is 0 Å². The summed E-state index contributed by atoms with van der Waals surface area (Å²) >= 11 is 0. The molecular formula is C24H35N3O3. The molecule has 2 N–H and O–H groups in total. The zero-order chi connectivity index (χ0) is 21.5. The molecule has 1 heterocycles. The van der Waals surface area contributed by atoms with Crippen LogP contribution in [0.5, 0.6) is 0 Å². The third kappa shape index (κ3) is 3.34. The van der Waals surface area contributed by atoms with Crippen molar-refractivity contribution in [3.8, 4) is 0 Å². The number of fused-ring (bicyclic) bond motifs is 1. The first kappa shape index (κ1) is 20.3. The number of carbonyl (C=O) groups excluding carboxylic acids is 2. The van der Waals surface area contributed by atoms with Gasteiger partial charge in [-0.3, -0.25) is 19.3 Å². The van der Waals surface area contributed by atoms with Crippen LogP contribution in [0.3, 0.4) is 0 Å². The standard InChI is InChI=1S/C24H35N3O3/c1-22(2,3)12-19(28)26-20(21(29)27-17-6-16(17)7-18(27)25-4)23-8-14-5-15(9-23)11-24(30,10-14)13-23/h14-18,20,30H,5-13H2,1-3H3,(H,26,28)/t14?,15?,16-,17-,18-,20+,23?,24?/m0/s1. The Bertz CT molecular complexity index is 795. The average Bonchev–Trinajstić information content (AvgIpc) is 3.25. The van der Waals surface area contributed by atoms with E-state index in [4.69, 9.17) is 6.57 Å². The molecule has 0 radical (unpaired) electrons. The Hall–Kier alpha value is -1.61. The summed E-state index contributed by atoms with van der Waals surface area (Å²) in [6, 6.07) is -0.441. The van der Waals surface area contributed by atoms with E-state index >= 15 is 0 Å². The number of aliphatic hydroxyl groups is 1. The van der Waals surface area contributed by atoms with Crippen LogP contribution < -0.4 is 5.32 Å². The van der Waals surface area contributed by atoms with E-state index in [9.17, 15) is 14.7 Å². The minimum atomic E-state index is -0.691. The lowest BCUT2D eigenvalue weighted by Gasteiger charge is -2.62. The Morgan fingerprint density at radius 1 is 1.17 bits per heavy atom. The highest BCUT2D eigenvalue weighted by Crippen LogP contribution is 2.63. The molecule has 0 aromatic carbocycles. The average molecular weight is 414 g/mol. The van der Waals surface area contributed by atoms with Crippen molar-refractivity contribution in [1.82, 2.24) is 10.2 Å². The molecule has 4 bridgehead atoms. The third-order valence-electron chi connectivity index (χ3n) is 8.41. The Morgan fingerprint density at radius 2 is 1.83 bits per heavy atom. The molecule has 6 nitrogen and oxygen atoms in total. The summed E-state index contributed by atoms with van der Waals surface area (Å²) in [6.07, 6.45) is 6.95. The van der Waals surface area contributed by atoms with Crippen LogP contribution in [0.4, 0.5) is 0 Å². The molecule has 0 aromatic heterocycles. The number of carbonyl (C=O) groups is 2. The molecule has 0 spiro atoms. The number of piperidine rings is 1. The predicted octanol–water partition coefficient (Wildman–Crippen LogP) is 3.10. The number of rotatable bonds is 4. The molecule has 1 saturated heterocycles. The van der Waals surface area contributed by atoms with Gasteiger partial charge in [-0.25, -0.2) is 6.57 Å². The lowest BCUT2D eigenvalue weighted by Crippen LogP contribution is -2.66. The number of nitrogens with one attached hydrogen (secondary N) is 1. The van der Waals surface area contributed by atoms with Crippen LogP contribution in [0.1, 0.15) is 78.6 Å². The highest BCUT2D eigenvalue weighted by Gasteiger charge is 2.64. The molecule has 30 heavy (non-hydrogen) atoms. The maximum atomic E-state index is 14.0. The van der Waals surface area contributed by atoms with E-state index in [1.54, 1.807) is 0 Å². The molecule has 0 aromatic rings. The van der Waals surface area contributed by atoms with Crippen LogP contribution >= 0.6 is 0 Å². The Labute approximate surface area is 179 Å². The first-order valence-corrected chi connectivity index (χ1v) is 11.7. The zero-order valence-electron chi connectivity index (χ0n) is 18.5. The van der Waals surface area contributed by atoms with E-state index in [0.29, 0.717) is 30.6 Å². The fraction of sp³-hybridized carbons (Fsp3) is 0.875. The molecule has 6 heteroatoms. The molecule has 2 unspecified atom stereocenters. The normalized spacial score (nSPS) is 44.4. The predicted molar refractivity (Wildman–Crippen MR) is 112 cm³/mol. The summed E-state index contributed by atoms with van der Waals surface area (Å²) in [7, 11) is 0. The fourth-order valence-corrected chi connectivity index (χ4v) is 7.80. The van der Waals surface area contributed by atoms with Crippen molar-refractivity contribution in [3.05, 3.63) is 11.4 Å². The van der Waals surface area contributed by atoms with E-state index in [1.165, 1.54) is 0 Å². The van der Waals surface area contributed by atoms with Gasteiger partial charge in [0, 0.05) is 24.3 Å². The lowest BCUT2D eigenvalue weighted by atomic mass is 9.46. The molecule has 6 fully saturated rings. The van der Waals surface area contributed by atoms with Crippen molar-refractivity contribution in [1.29, 1.82) is 0 Å². The molecule has 164 valence electrons. The van der Waals surface area contributed by atoms with Crippen molar-refractivity contribution >= 4 is 11.8 Å². The summed E-state index contributed by atoms with van der Waals surface area (Å²) in [4.78, 5) is 32.5. The highest BCUT2D eigenvalue weighted by atomic mass is 16.3. The van der Waals surface area contributed by atoms with Crippen molar-refractivity contribution in [2.45, 2.75) is 102 Å². The maximum Gasteiger partial charge on any atom is 0.301 e. The van der Waals surface area contributed by atoms with Gasteiger partial charge < -0.3 is 10.4 Å². The minimum Gasteiger partial charge on any atom is -0.390 e. The van der Waals surface area contributed by atoms with Gasteiger partial charge in [0.15, 0.2) is 0 Å². The molecule has 5 saturated carbocycles. The summed E-state index contributed by atoms with van der Waals surface area (Å²) in [5, 5.41) is 14.4. The van der Waals surface area contributed by atoms with E-state index in [2.05, 4.69) is 10.2 Å². The second-order valence-electron chi connectivity index (χ2n) is 12.4. The SMILES string of the molecule is [C-]#[N+][C@@H]1C[C@@H]2C[C@@H]2N1C(=O)[C@@H](NC(=O)CC(C)(C)C)C12CC3CC(CC(O)(C3)C1)C2. The third-order valence-corrected chi connectivity index (χ3v) is 8.41. The topological polar surface area (TPSA) is 74.0 Å². The first-order chi connectivity index (χ1) is 14.0. The van der Waals surface area contributed by atoms with Gasteiger partial charge >= 0.3 is 6.17 Å². The number of hydrogen-bond acceptors (Lipinski definition) is 3. The Balaban J connectivity index is 1.47. The smallest absolute Gasteiger partial charge is 0.301 e. The molecule has 6 rings (SSSR count). The summed E-state index contributed by atoms with van der Waals surface area (Å²) in [6.45, 7) is 13.7. The number of likely N-dealkylation sites (tertiary alicyclic amines) is 1. The summed E-state index contributed by atoms with van der Waals surface area (Å²) in [5.74, 6) is 1.19. The summed E-state index contributed by atoms with van der Waals surface area (Å²) in [5.41, 5.74) is -1.22. The van der Waals surface area contributed by atoms with Crippen LogP contribution in [-0.2, 0) is 9.59 Å². The van der Waals surface area contributed by atoms with Gasteiger partial charge in [0.2, 0.25) is 5.91 Å². The quantitative estimate of drug-likeness (QED) is 0.696. The highest BCUT2D eigenvalue weighted by molar-refractivity contribution is 5.89. The second-order valence-corrected chi connectivity index (χ2v) is 12.4. The van der Waals surface area contributed by atoms with E-state index < -0.39 is 11.6 Å². The molecule has 6 aliphatic rings. The van der Waals surface area contributed by atoms with Gasteiger partial charge in [-0.05, 0) is 68.1 Å². The monoisotopic (exact) mass is 413 g/mol. The van der Waals surface area contributed by atoms with Crippen LogP contribution in [0, 0.1) is 35.2 Å². The molecular weight excluding hydrogens is 378 g/mol. The molecule has 5 aliphatic carbocycles. The van der Waals surface area contributed by atoms with E-state index in [1.807, 2.05) is 25.7 Å². The zero-order valence-corrected chi connectivity index (χ0v) is 18.5. The van der Waals surface area contributed by atoms with E-state index in [-0.39, 0.29) is 34.9 Å². The first-order valence-electron chi connectivity index (χ1n) is 11.7.